The first-order valence-corrected chi connectivity index (χ1v) is 7.49. The average molecular weight is 369 g/mol. The zero-order valence-corrected chi connectivity index (χ0v) is 14.0. The number of carbonyl (C=O) groups excluding carboxylic acids is 2. The Kier molecular flexibility index (Phi) is 5.03. The maximum Gasteiger partial charge on any atom is 0.326 e. The highest BCUT2D eigenvalue weighted by Gasteiger charge is 2.61. The monoisotopic (exact) mass is 368 g/mol. The van der Waals surface area contributed by atoms with E-state index in [1.807, 2.05) is 12.1 Å². The van der Waals surface area contributed by atoms with Gasteiger partial charge in [-0.1, -0.05) is 34.1 Å². The van der Waals surface area contributed by atoms with E-state index < -0.39 is 29.6 Å². The number of ether oxygens (including phenoxy) is 3. The van der Waals surface area contributed by atoms with Gasteiger partial charge in [0.05, 0.1) is 20.3 Å². The molecule has 1 aromatic rings. The summed E-state index contributed by atoms with van der Waals surface area (Å²) in [6.45, 7) is 3.68. The van der Waals surface area contributed by atoms with E-state index in [4.69, 9.17) is 14.2 Å². The highest BCUT2D eigenvalue weighted by molar-refractivity contribution is 9.10. The fourth-order valence-electron chi connectivity index (χ4n) is 2.73. The van der Waals surface area contributed by atoms with E-state index in [0.717, 1.165) is 4.47 Å². The lowest BCUT2D eigenvalue weighted by Crippen LogP contribution is -2.43. The largest absolute Gasteiger partial charge is 0.468 e. The minimum absolute atomic E-state index is 0.135. The van der Waals surface area contributed by atoms with Crippen LogP contribution in [0.4, 0.5) is 0 Å². The van der Waals surface area contributed by atoms with Crippen LogP contribution in [0.1, 0.15) is 18.1 Å². The van der Waals surface area contributed by atoms with Crippen LogP contribution in [0.5, 0.6) is 0 Å². The van der Waals surface area contributed by atoms with Gasteiger partial charge in [-0.3, -0.25) is 9.59 Å². The van der Waals surface area contributed by atoms with Crippen LogP contribution in [0.15, 0.2) is 41.4 Å². The first-order chi connectivity index (χ1) is 10.5. The lowest BCUT2D eigenvalue weighted by Gasteiger charge is -2.28. The van der Waals surface area contributed by atoms with Gasteiger partial charge < -0.3 is 14.2 Å². The van der Waals surface area contributed by atoms with Gasteiger partial charge >= 0.3 is 11.9 Å². The van der Waals surface area contributed by atoms with Crippen molar-refractivity contribution in [3.05, 3.63) is 47.0 Å². The molecule has 1 heterocycles. The van der Waals surface area contributed by atoms with Crippen molar-refractivity contribution in [3.8, 4) is 0 Å². The van der Waals surface area contributed by atoms with Crippen molar-refractivity contribution in [2.75, 3.05) is 14.2 Å². The van der Waals surface area contributed by atoms with E-state index >= 15 is 0 Å². The molecule has 0 spiro atoms. The molecule has 0 saturated carbocycles. The number of carbonyl (C=O) groups is 2. The fourth-order valence-corrected chi connectivity index (χ4v) is 3.00. The normalized spacial score (nSPS) is 22.9. The second-order valence-corrected chi connectivity index (χ2v) is 5.92. The van der Waals surface area contributed by atoms with Crippen molar-refractivity contribution in [1.82, 2.24) is 0 Å². The molecule has 1 aliphatic rings. The Morgan fingerprint density at radius 3 is 2.27 bits per heavy atom. The number of rotatable bonds is 4. The molecule has 1 fully saturated rings. The molecule has 22 heavy (non-hydrogen) atoms. The van der Waals surface area contributed by atoms with Gasteiger partial charge in [0, 0.05) is 10.9 Å². The lowest BCUT2D eigenvalue weighted by atomic mass is 9.77. The van der Waals surface area contributed by atoms with Crippen LogP contribution in [-0.4, -0.2) is 32.3 Å². The molecule has 2 atom stereocenters. The van der Waals surface area contributed by atoms with Crippen molar-refractivity contribution >= 4 is 27.9 Å². The molecular formula is C16H17BrO5. The molecule has 0 N–H and O–H groups in total. The van der Waals surface area contributed by atoms with E-state index in [0.29, 0.717) is 5.56 Å². The molecule has 2 rings (SSSR count). The molecule has 5 nitrogen and oxygen atoms in total. The summed E-state index contributed by atoms with van der Waals surface area (Å²) in [4.78, 5) is 24.8. The summed E-state index contributed by atoms with van der Waals surface area (Å²) in [6, 6.07) is 7.22. The topological polar surface area (TPSA) is 61.8 Å². The third kappa shape index (κ3) is 2.68. The van der Waals surface area contributed by atoms with E-state index in [1.54, 1.807) is 18.2 Å². The van der Waals surface area contributed by atoms with Gasteiger partial charge in [-0.25, -0.2) is 0 Å². The van der Waals surface area contributed by atoms with Crippen LogP contribution in [0, 0.1) is 5.41 Å². The maximum atomic E-state index is 12.4. The Morgan fingerprint density at radius 2 is 1.82 bits per heavy atom. The van der Waals surface area contributed by atoms with E-state index in [2.05, 4.69) is 22.5 Å². The molecule has 0 unspecified atom stereocenters. The summed E-state index contributed by atoms with van der Waals surface area (Å²) in [5, 5.41) is 0. The Balaban J connectivity index is 2.55. The smallest absolute Gasteiger partial charge is 0.326 e. The first-order valence-electron chi connectivity index (χ1n) is 6.70. The Labute approximate surface area is 137 Å². The van der Waals surface area contributed by atoms with Crippen LogP contribution in [0.3, 0.4) is 0 Å². The minimum Gasteiger partial charge on any atom is -0.468 e. The molecule has 0 bridgehead atoms. The van der Waals surface area contributed by atoms with Gasteiger partial charge in [-0.15, -0.1) is 6.58 Å². The van der Waals surface area contributed by atoms with Crippen molar-refractivity contribution in [1.29, 1.82) is 0 Å². The van der Waals surface area contributed by atoms with Crippen LogP contribution in [0.2, 0.25) is 0 Å². The molecule has 0 aliphatic carbocycles. The molecule has 6 heteroatoms. The number of hydrogen-bond acceptors (Lipinski definition) is 5. The Hall–Kier alpha value is -1.66. The van der Waals surface area contributed by atoms with Crippen LogP contribution in [-0.2, 0) is 23.8 Å². The highest BCUT2D eigenvalue weighted by atomic mass is 79.9. The molecule has 1 aliphatic heterocycles. The highest BCUT2D eigenvalue weighted by Crippen LogP contribution is 2.50. The molecule has 118 valence electrons. The molecule has 0 radical (unpaired) electrons. The summed E-state index contributed by atoms with van der Waals surface area (Å²) < 4.78 is 16.5. The number of halogens is 1. The van der Waals surface area contributed by atoms with Crippen molar-refractivity contribution in [2.24, 2.45) is 5.41 Å². The summed E-state index contributed by atoms with van der Waals surface area (Å²) in [6.07, 6.45) is 0.478. The zero-order valence-electron chi connectivity index (χ0n) is 12.4. The van der Waals surface area contributed by atoms with Crippen molar-refractivity contribution in [2.45, 2.75) is 18.6 Å². The van der Waals surface area contributed by atoms with Crippen molar-refractivity contribution < 1.29 is 23.8 Å². The molecule has 0 amide bonds. The Morgan fingerprint density at radius 1 is 1.27 bits per heavy atom. The molecule has 1 aromatic carbocycles. The van der Waals surface area contributed by atoms with Crippen molar-refractivity contribution in [3.63, 3.8) is 0 Å². The summed E-state index contributed by atoms with van der Waals surface area (Å²) in [7, 11) is 2.49. The zero-order chi connectivity index (χ0) is 16.3. The fraction of sp³-hybridized carbons (Fsp3) is 0.375. The quantitative estimate of drug-likeness (QED) is 0.464. The van der Waals surface area contributed by atoms with Gasteiger partial charge in [0.1, 0.15) is 6.10 Å². The van der Waals surface area contributed by atoms with Gasteiger partial charge in [0.25, 0.3) is 0 Å². The van der Waals surface area contributed by atoms with E-state index in [9.17, 15) is 9.59 Å². The maximum absolute atomic E-state index is 12.4. The molecular weight excluding hydrogens is 352 g/mol. The SMILES string of the molecule is C=C[C@H]1CC(C(=O)OC)(C(=O)OC)[C@@H](c2ccc(Br)cc2)O1. The van der Waals surface area contributed by atoms with Gasteiger partial charge in [-0.05, 0) is 17.7 Å². The summed E-state index contributed by atoms with van der Waals surface area (Å²) >= 11 is 3.35. The average Bonchev–Trinajstić information content (AvgIpc) is 2.95. The minimum atomic E-state index is -1.53. The predicted molar refractivity (Wildman–Crippen MR) is 83.0 cm³/mol. The second-order valence-electron chi connectivity index (χ2n) is 5.00. The number of esters is 2. The van der Waals surface area contributed by atoms with Crippen LogP contribution < -0.4 is 0 Å². The van der Waals surface area contributed by atoms with E-state index in [-0.39, 0.29) is 6.42 Å². The van der Waals surface area contributed by atoms with Gasteiger partial charge in [-0.2, -0.15) is 0 Å². The molecule has 1 saturated heterocycles. The van der Waals surface area contributed by atoms with Gasteiger partial charge in [0.2, 0.25) is 0 Å². The van der Waals surface area contributed by atoms with Crippen LogP contribution >= 0.6 is 15.9 Å². The summed E-state index contributed by atoms with van der Waals surface area (Å²) in [5.74, 6) is -1.34. The lowest BCUT2D eigenvalue weighted by molar-refractivity contribution is -0.173. The third-order valence-electron chi connectivity index (χ3n) is 3.82. The molecule has 0 aromatic heterocycles. The Bertz CT molecular complexity index is 565. The standard InChI is InChI=1S/C16H17BrO5/c1-4-12-9-16(14(18)20-2,15(19)21-3)13(22-12)10-5-7-11(17)8-6-10/h4-8,12-13H,1,9H2,2-3H3/t12-,13+/m0/s1. The number of methoxy groups -OCH3 is 2. The summed E-state index contributed by atoms with van der Waals surface area (Å²) in [5.41, 5.74) is -0.834. The first kappa shape index (κ1) is 16.7. The second kappa shape index (κ2) is 6.62. The number of hydrogen-bond donors (Lipinski definition) is 0. The third-order valence-corrected chi connectivity index (χ3v) is 4.35. The van der Waals surface area contributed by atoms with E-state index in [1.165, 1.54) is 14.2 Å². The number of benzene rings is 1. The predicted octanol–water partition coefficient (Wildman–Crippen LogP) is 2.80. The van der Waals surface area contributed by atoms with Gasteiger partial charge in [0.15, 0.2) is 5.41 Å². The van der Waals surface area contributed by atoms with Crippen LogP contribution in [0.25, 0.3) is 0 Å².